The Kier molecular flexibility index (Phi) is 5.39. The van der Waals surface area contributed by atoms with Crippen LogP contribution in [0.4, 0.5) is 17.1 Å². The first-order chi connectivity index (χ1) is 15.2. The number of nitrogens with zero attached hydrogens (tertiary/aromatic N) is 3. The van der Waals surface area contributed by atoms with Gasteiger partial charge in [-0.1, -0.05) is 82.7 Å². The number of para-hydroxylation sites is 1. The van der Waals surface area contributed by atoms with Crippen molar-refractivity contribution < 1.29 is 0 Å². The molecule has 0 aromatic heterocycles. The van der Waals surface area contributed by atoms with Crippen molar-refractivity contribution in [2.45, 2.75) is 11.9 Å². The lowest BCUT2D eigenvalue weighted by Gasteiger charge is -2.28. The van der Waals surface area contributed by atoms with E-state index in [-0.39, 0.29) is 4.95 Å². The maximum absolute atomic E-state index is 4.63. The molecule has 0 aliphatic carbocycles. The van der Waals surface area contributed by atoms with E-state index >= 15 is 0 Å². The van der Waals surface area contributed by atoms with Crippen LogP contribution >= 0.6 is 15.9 Å². The topological polar surface area (TPSA) is 28.0 Å². The molecule has 0 fully saturated rings. The van der Waals surface area contributed by atoms with Crippen molar-refractivity contribution in [1.29, 1.82) is 0 Å². The summed E-state index contributed by atoms with van der Waals surface area (Å²) in [5.74, 6) is 0. The van der Waals surface area contributed by atoms with Gasteiger partial charge in [-0.05, 0) is 42.1 Å². The van der Waals surface area contributed by atoms with E-state index in [1.165, 1.54) is 27.7 Å². The lowest BCUT2D eigenvalue weighted by atomic mass is 10.0. The van der Waals surface area contributed by atoms with E-state index in [0.29, 0.717) is 6.54 Å². The van der Waals surface area contributed by atoms with Gasteiger partial charge in [-0.25, -0.2) is 0 Å². The number of rotatable bonds is 4. The number of halogens is 1. The Balaban J connectivity index is 1.63. The Hall–Kier alpha value is -3.24. The average molecular weight is 468 g/mol. The second kappa shape index (κ2) is 8.48. The van der Waals surface area contributed by atoms with Crippen LogP contribution in [0.3, 0.4) is 0 Å². The predicted molar refractivity (Wildman–Crippen MR) is 136 cm³/mol. The van der Waals surface area contributed by atoms with E-state index in [1.807, 2.05) is 6.21 Å². The molecule has 3 nitrogen and oxygen atoms in total. The normalized spacial score (nSPS) is 15.7. The first-order valence-corrected chi connectivity index (χ1v) is 11.3. The van der Waals surface area contributed by atoms with Crippen LogP contribution in [-0.2, 0) is 0 Å². The third-order valence-electron chi connectivity index (χ3n) is 5.56. The second-order valence-corrected chi connectivity index (χ2v) is 8.66. The third kappa shape index (κ3) is 3.91. The minimum absolute atomic E-state index is 0.0819. The van der Waals surface area contributed by atoms with Gasteiger partial charge in [-0.2, -0.15) is 0 Å². The Morgan fingerprint density at radius 1 is 0.806 bits per heavy atom. The average Bonchev–Trinajstić information content (AvgIpc) is 2.82. The van der Waals surface area contributed by atoms with E-state index < -0.39 is 0 Å². The van der Waals surface area contributed by atoms with Crippen LogP contribution in [0.25, 0.3) is 10.8 Å². The maximum Gasteiger partial charge on any atom is 0.124 e. The highest BCUT2D eigenvalue weighted by Crippen LogP contribution is 2.40. The van der Waals surface area contributed by atoms with Crippen molar-refractivity contribution in [1.82, 2.24) is 0 Å². The summed E-state index contributed by atoms with van der Waals surface area (Å²) in [6, 6.07) is 32.1. The van der Waals surface area contributed by atoms with E-state index in [2.05, 4.69) is 129 Å². The molecule has 0 radical (unpaired) electrons. The summed E-state index contributed by atoms with van der Waals surface area (Å²) >= 11 is 3.49. The van der Waals surface area contributed by atoms with Crippen molar-refractivity contribution in [3.8, 4) is 0 Å². The Morgan fingerprint density at radius 3 is 2.29 bits per heavy atom. The molecule has 4 aromatic rings. The number of aliphatic imine (C=N–C) groups is 2. The van der Waals surface area contributed by atoms with Crippen LogP contribution in [-0.4, -0.2) is 23.4 Å². The largest absolute Gasteiger partial charge is 0.310 e. The molecule has 152 valence electrons. The quantitative estimate of drug-likeness (QED) is 0.230. The highest BCUT2D eigenvalue weighted by molar-refractivity contribution is 9.09. The summed E-state index contributed by atoms with van der Waals surface area (Å²) in [6.45, 7) is 2.82. The van der Waals surface area contributed by atoms with Gasteiger partial charge in [0.05, 0.1) is 17.9 Å². The Morgan fingerprint density at radius 2 is 1.52 bits per heavy atom. The van der Waals surface area contributed by atoms with Gasteiger partial charge in [0, 0.05) is 28.5 Å². The van der Waals surface area contributed by atoms with E-state index in [1.54, 1.807) is 0 Å². The molecule has 1 unspecified atom stereocenters. The summed E-state index contributed by atoms with van der Waals surface area (Å²) in [5, 5.41) is 2.46. The predicted octanol–water partition coefficient (Wildman–Crippen LogP) is 7.21. The molecular formula is C27H22BrN3. The van der Waals surface area contributed by atoms with Gasteiger partial charge in [0.2, 0.25) is 0 Å². The first-order valence-electron chi connectivity index (χ1n) is 10.4. The van der Waals surface area contributed by atoms with Crippen LogP contribution in [0.1, 0.15) is 11.1 Å². The summed E-state index contributed by atoms with van der Waals surface area (Å²) < 4.78 is 0. The molecule has 1 atom stereocenters. The number of hydrogen-bond donors (Lipinski definition) is 0. The molecule has 4 heteroatoms. The van der Waals surface area contributed by atoms with Crippen LogP contribution in [0.2, 0.25) is 0 Å². The van der Waals surface area contributed by atoms with Gasteiger partial charge >= 0.3 is 0 Å². The minimum atomic E-state index is 0.0819. The van der Waals surface area contributed by atoms with Crippen molar-refractivity contribution >= 4 is 55.7 Å². The van der Waals surface area contributed by atoms with E-state index in [4.69, 9.17) is 0 Å². The molecule has 31 heavy (non-hydrogen) atoms. The highest BCUT2D eigenvalue weighted by Gasteiger charge is 2.17. The van der Waals surface area contributed by atoms with Crippen molar-refractivity contribution in [3.63, 3.8) is 0 Å². The number of alkyl halides is 1. The zero-order chi connectivity index (χ0) is 21.2. The second-order valence-electron chi connectivity index (χ2n) is 7.61. The lowest BCUT2D eigenvalue weighted by Crippen LogP contribution is -2.15. The lowest BCUT2D eigenvalue weighted by molar-refractivity contribution is 0.924. The van der Waals surface area contributed by atoms with E-state index in [9.17, 15) is 0 Å². The van der Waals surface area contributed by atoms with Gasteiger partial charge in [-0.3, -0.25) is 9.98 Å². The van der Waals surface area contributed by atoms with Crippen LogP contribution in [0, 0.1) is 6.92 Å². The third-order valence-corrected chi connectivity index (χ3v) is 6.08. The van der Waals surface area contributed by atoms with Gasteiger partial charge in [-0.15, -0.1) is 0 Å². The molecule has 1 aliphatic rings. The summed E-state index contributed by atoms with van der Waals surface area (Å²) in [5.41, 5.74) is 6.68. The molecule has 5 rings (SSSR count). The smallest absolute Gasteiger partial charge is 0.124 e. The van der Waals surface area contributed by atoms with Gasteiger partial charge < -0.3 is 4.90 Å². The number of benzene rings is 4. The molecule has 0 N–H and O–H groups in total. The standard InChI is InChI=1S/C27H22BrN3/c1-19-7-2-5-11-25(19)31(26-12-6-9-20-8-3-4-10-23(20)26)22-15-13-21(14-16-22)24-17-30-27(28)18-29-24/h2-17,27H,18H2,1H3. The van der Waals surface area contributed by atoms with Crippen LogP contribution in [0.15, 0.2) is 101 Å². The summed E-state index contributed by atoms with van der Waals surface area (Å²) in [7, 11) is 0. The molecule has 0 spiro atoms. The zero-order valence-electron chi connectivity index (χ0n) is 17.2. The first kappa shape index (κ1) is 19.7. The van der Waals surface area contributed by atoms with Gasteiger partial charge in [0.25, 0.3) is 0 Å². The monoisotopic (exact) mass is 467 g/mol. The minimum Gasteiger partial charge on any atom is -0.310 e. The highest BCUT2D eigenvalue weighted by atomic mass is 79.9. The van der Waals surface area contributed by atoms with E-state index in [0.717, 1.165) is 17.0 Å². The van der Waals surface area contributed by atoms with Gasteiger partial charge in [0.1, 0.15) is 4.95 Å². The Bertz CT molecular complexity index is 1290. The fraction of sp³-hybridized carbons (Fsp3) is 0.111. The molecule has 4 aromatic carbocycles. The fourth-order valence-electron chi connectivity index (χ4n) is 3.99. The number of fused-ring (bicyclic) bond motifs is 1. The molecule has 1 aliphatic heterocycles. The number of anilines is 3. The van der Waals surface area contributed by atoms with Crippen LogP contribution in [0.5, 0.6) is 0 Å². The number of hydrogen-bond acceptors (Lipinski definition) is 3. The molecule has 0 amide bonds. The van der Waals surface area contributed by atoms with Gasteiger partial charge in [0.15, 0.2) is 0 Å². The molecular weight excluding hydrogens is 446 g/mol. The number of aryl methyl sites for hydroxylation is 1. The fourth-order valence-corrected chi connectivity index (χ4v) is 4.25. The summed E-state index contributed by atoms with van der Waals surface area (Å²) in [6.07, 6.45) is 1.85. The van der Waals surface area contributed by atoms with Crippen molar-refractivity contribution in [2.24, 2.45) is 9.98 Å². The van der Waals surface area contributed by atoms with Crippen molar-refractivity contribution in [2.75, 3.05) is 11.4 Å². The zero-order valence-corrected chi connectivity index (χ0v) is 18.8. The van der Waals surface area contributed by atoms with Crippen LogP contribution < -0.4 is 4.90 Å². The van der Waals surface area contributed by atoms with Crippen molar-refractivity contribution in [3.05, 3.63) is 102 Å². The molecule has 0 saturated carbocycles. The Labute approximate surface area is 190 Å². The molecule has 1 heterocycles. The SMILES string of the molecule is Cc1ccccc1N(c1ccc(C2=NCC(Br)N=C2)cc1)c1cccc2ccccc12. The molecule has 0 saturated heterocycles. The molecule has 0 bridgehead atoms. The maximum atomic E-state index is 4.63. The summed E-state index contributed by atoms with van der Waals surface area (Å²) in [4.78, 5) is 11.5.